The largest absolute Gasteiger partial charge is 0.464 e. The molecule has 0 heterocycles. The van der Waals surface area contributed by atoms with Gasteiger partial charge in [0, 0.05) is 5.33 Å². The molecule has 0 bridgehead atoms. The number of aryl methyl sites for hydroxylation is 1. The van der Waals surface area contributed by atoms with Crippen molar-refractivity contribution in [2.45, 2.75) is 51.7 Å². The molecule has 1 N–H and O–H groups in total. The fourth-order valence-electron chi connectivity index (χ4n) is 1.98. The van der Waals surface area contributed by atoms with Gasteiger partial charge in [0.2, 0.25) is 0 Å². The summed E-state index contributed by atoms with van der Waals surface area (Å²) in [4.78, 5) is 24.2. The van der Waals surface area contributed by atoms with E-state index in [9.17, 15) is 9.59 Å². The summed E-state index contributed by atoms with van der Waals surface area (Å²) in [6.07, 6.45) is 1.23. The van der Waals surface area contributed by atoms with Crippen molar-refractivity contribution in [3.63, 3.8) is 0 Å². The monoisotopic (exact) mass is 399 g/mol. The lowest BCUT2D eigenvalue weighted by Gasteiger charge is -2.23. The molecule has 5 nitrogen and oxygen atoms in total. The van der Waals surface area contributed by atoms with Crippen molar-refractivity contribution in [2.24, 2.45) is 0 Å². The van der Waals surface area contributed by atoms with Crippen molar-refractivity contribution in [1.82, 2.24) is 5.32 Å². The number of amides is 1. The molecule has 0 aliphatic heterocycles. The summed E-state index contributed by atoms with van der Waals surface area (Å²) in [6.45, 7) is 5.65. The molecule has 1 rings (SSSR count). The Bertz CT molecular complexity index is 514. The van der Waals surface area contributed by atoms with Gasteiger partial charge in [-0.25, -0.2) is 9.59 Å². The van der Waals surface area contributed by atoms with Gasteiger partial charge in [0.1, 0.15) is 11.6 Å². The van der Waals surface area contributed by atoms with Crippen molar-refractivity contribution < 1.29 is 19.1 Å². The Kier molecular flexibility index (Phi) is 8.82. The molecule has 0 aliphatic carbocycles. The van der Waals surface area contributed by atoms with Crippen molar-refractivity contribution in [2.75, 3.05) is 11.9 Å². The lowest BCUT2D eigenvalue weighted by Crippen LogP contribution is -2.44. The molecule has 0 aliphatic rings. The zero-order chi connectivity index (χ0) is 18.0. The Morgan fingerprint density at radius 2 is 1.88 bits per heavy atom. The van der Waals surface area contributed by atoms with Crippen LogP contribution in [0.1, 0.15) is 39.2 Å². The lowest BCUT2D eigenvalue weighted by molar-refractivity contribution is -0.146. The number of hydrogen-bond donors (Lipinski definition) is 1. The summed E-state index contributed by atoms with van der Waals surface area (Å²) in [5, 5.41) is 3.38. The number of alkyl carbamates (subject to hydrolysis) is 1. The minimum absolute atomic E-state index is 0.321. The van der Waals surface area contributed by atoms with Crippen LogP contribution in [0.3, 0.4) is 0 Å². The first-order valence-electron chi connectivity index (χ1n) is 8.08. The van der Waals surface area contributed by atoms with E-state index in [2.05, 4.69) is 21.2 Å². The van der Waals surface area contributed by atoms with Gasteiger partial charge in [0.25, 0.3) is 0 Å². The number of esters is 1. The highest BCUT2D eigenvalue weighted by molar-refractivity contribution is 9.09. The minimum atomic E-state index is -0.726. The SMILES string of the molecule is CC(C)(C)OC(=O)N[C@@H](CCc1ccccc1)C(=O)OCCCBr. The predicted octanol–water partition coefficient (Wildman–Crippen LogP) is 3.84. The molecule has 0 saturated heterocycles. The number of hydrogen-bond acceptors (Lipinski definition) is 4. The molecule has 0 fully saturated rings. The number of ether oxygens (including phenoxy) is 2. The van der Waals surface area contributed by atoms with Crippen molar-refractivity contribution >= 4 is 28.0 Å². The highest BCUT2D eigenvalue weighted by Crippen LogP contribution is 2.10. The van der Waals surface area contributed by atoms with Gasteiger partial charge in [-0.15, -0.1) is 0 Å². The average Bonchev–Trinajstić information content (AvgIpc) is 2.50. The maximum atomic E-state index is 12.2. The summed E-state index contributed by atoms with van der Waals surface area (Å²) in [6, 6.07) is 9.07. The lowest BCUT2D eigenvalue weighted by atomic mass is 10.1. The number of alkyl halides is 1. The van der Waals surface area contributed by atoms with Crippen LogP contribution >= 0.6 is 15.9 Å². The van der Waals surface area contributed by atoms with Crippen LogP contribution in [-0.4, -0.2) is 35.6 Å². The summed E-state index contributed by atoms with van der Waals surface area (Å²) >= 11 is 3.29. The average molecular weight is 400 g/mol. The predicted molar refractivity (Wildman–Crippen MR) is 97.3 cm³/mol. The Morgan fingerprint density at radius 3 is 2.46 bits per heavy atom. The number of nitrogens with one attached hydrogen (secondary N) is 1. The van der Waals surface area contributed by atoms with E-state index in [1.807, 2.05) is 30.3 Å². The topological polar surface area (TPSA) is 64.6 Å². The smallest absolute Gasteiger partial charge is 0.408 e. The van der Waals surface area contributed by atoms with Gasteiger partial charge in [-0.05, 0) is 45.6 Å². The first kappa shape index (κ1) is 20.5. The Balaban J connectivity index is 2.63. The second-order valence-electron chi connectivity index (χ2n) is 6.43. The van der Waals surface area contributed by atoms with Crippen LogP contribution in [0.15, 0.2) is 30.3 Å². The van der Waals surface area contributed by atoms with E-state index in [0.29, 0.717) is 19.4 Å². The molecule has 0 spiro atoms. The zero-order valence-electron chi connectivity index (χ0n) is 14.5. The van der Waals surface area contributed by atoms with Crippen molar-refractivity contribution in [3.05, 3.63) is 35.9 Å². The number of carbonyl (C=O) groups excluding carboxylic acids is 2. The van der Waals surface area contributed by atoms with Gasteiger partial charge in [0.05, 0.1) is 6.61 Å². The van der Waals surface area contributed by atoms with Gasteiger partial charge in [0.15, 0.2) is 0 Å². The normalized spacial score (nSPS) is 12.3. The van der Waals surface area contributed by atoms with E-state index in [1.165, 1.54) is 0 Å². The van der Waals surface area contributed by atoms with Crippen molar-refractivity contribution in [3.8, 4) is 0 Å². The van der Waals surface area contributed by atoms with Gasteiger partial charge < -0.3 is 14.8 Å². The van der Waals surface area contributed by atoms with Crippen LogP contribution in [0.5, 0.6) is 0 Å². The summed E-state index contributed by atoms with van der Waals surface area (Å²) in [7, 11) is 0. The molecule has 0 radical (unpaired) electrons. The first-order chi connectivity index (χ1) is 11.3. The highest BCUT2D eigenvalue weighted by atomic mass is 79.9. The van der Waals surface area contributed by atoms with Crippen LogP contribution in [-0.2, 0) is 20.7 Å². The molecule has 1 amide bonds. The highest BCUT2D eigenvalue weighted by Gasteiger charge is 2.25. The summed E-state index contributed by atoms with van der Waals surface area (Å²) in [5.74, 6) is -0.433. The van der Waals surface area contributed by atoms with E-state index in [1.54, 1.807) is 20.8 Å². The third-order valence-electron chi connectivity index (χ3n) is 3.06. The number of benzene rings is 1. The van der Waals surface area contributed by atoms with Crippen LogP contribution in [0.25, 0.3) is 0 Å². The molecule has 1 atom stereocenters. The molecule has 134 valence electrons. The minimum Gasteiger partial charge on any atom is -0.464 e. The van der Waals surface area contributed by atoms with Gasteiger partial charge in [-0.2, -0.15) is 0 Å². The molecule has 6 heteroatoms. The van der Waals surface area contributed by atoms with E-state index >= 15 is 0 Å². The maximum Gasteiger partial charge on any atom is 0.408 e. The molecule has 0 unspecified atom stereocenters. The molecule has 1 aromatic carbocycles. The second-order valence-corrected chi connectivity index (χ2v) is 7.23. The number of halogens is 1. The number of carbonyl (C=O) groups is 2. The maximum absolute atomic E-state index is 12.2. The van der Waals surface area contributed by atoms with Crippen LogP contribution in [0.2, 0.25) is 0 Å². The van der Waals surface area contributed by atoms with E-state index in [-0.39, 0.29) is 0 Å². The Labute approximate surface area is 152 Å². The molecular formula is C18H26BrNO4. The van der Waals surface area contributed by atoms with E-state index in [4.69, 9.17) is 9.47 Å². The van der Waals surface area contributed by atoms with Gasteiger partial charge >= 0.3 is 12.1 Å². The van der Waals surface area contributed by atoms with Gasteiger partial charge in [-0.1, -0.05) is 46.3 Å². The Morgan fingerprint density at radius 1 is 1.21 bits per heavy atom. The summed E-state index contributed by atoms with van der Waals surface area (Å²) < 4.78 is 10.5. The third kappa shape index (κ3) is 8.91. The Hall–Kier alpha value is -1.56. The van der Waals surface area contributed by atoms with Crippen LogP contribution in [0, 0.1) is 0 Å². The first-order valence-corrected chi connectivity index (χ1v) is 9.20. The number of rotatable bonds is 8. The summed E-state index contributed by atoms with van der Waals surface area (Å²) in [5.41, 5.74) is 0.482. The fourth-order valence-corrected chi connectivity index (χ4v) is 2.21. The van der Waals surface area contributed by atoms with E-state index in [0.717, 1.165) is 17.3 Å². The van der Waals surface area contributed by atoms with E-state index < -0.39 is 23.7 Å². The quantitative estimate of drug-likeness (QED) is 0.409. The molecular weight excluding hydrogens is 374 g/mol. The standard InChI is InChI=1S/C18H26BrNO4/c1-18(2,3)24-17(22)20-15(16(21)23-13-7-12-19)11-10-14-8-5-4-6-9-14/h4-6,8-9,15H,7,10-13H2,1-3H3,(H,20,22)/t15-/m0/s1. The molecule has 0 saturated carbocycles. The zero-order valence-corrected chi connectivity index (χ0v) is 16.1. The van der Waals surface area contributed by atoms with Crippen LogP contribution in [0.4, 0.5) is 4.79 Å². The molecule has 24 heavy (non-hydrogen) atoms. The second kappa shape index (κ2) is 10.3. The third-order valence-corrected chi connectivity index (χ3v) is 3.62. The van der Waals surface area contributed by atoms with Crippen molar-refractivity contribution in [1.29, 1.82) is 0 Å². The molecule has 0 aromatic heterocycles. The van der Waals surface area contributed by atoms with Crippen LogP contribution < -0.4 is 5.32 Å². The van der Waals surface area contributed by atoms with Gasteiger partial charge in [-0.3, -0.25) is 0 Å². The molecule has 1 aromatic rings. The fraction of sp³-hybridized carbons (Fsp3) is 0.556.